The van der Waals surface area contributed by atoms with Crippen molar-refractivity contribution < 1.29 is 10.2 Å². The third kappa shape index (κ3) is 4.52. The zero-order chi connectivity index (χ0) is 19.4. The lowest BCUT2D eigenvalue weighted by Gasteiger charge is -2.07. The molecule has 27 heavy (non-hydrogen) atoms. The van der Waals surface area contributed by atoms with E-state index in [0.29, 0.717) is 30.9 Å². The van der Waals surface area contributed by atoms with E-state index >= 15 is 0 Å². The summed E-state index contributed by atoms with van der Waals surface area (Å²) >= 11 is 0. The quantitative estimate of drug-likeness (QED) is 0.659. The second kappa shape index (κ2) is 8.02. The molecule has 0 saturated carbocycles. The Bertz CT molecular complexity index is 966. The summed E-state index contributed by atoms with van der Waals surface area (Å²) in [6, 6.07) is 7.15. The fraction of sp³-hybridized carbons (Fsp3) is 0.286. The highest BCUT2D eigenvalue weighted by Crippen LogP contribution is 2.32. The number of aromatic nitrogens is 4. The average Bonchev–Trinajstić information content (AvgIpc) is 3.04. The summed E-state index contributed by atoms with van der Waals surface area (Å²) in [5.74, 6) is 3.43. The largest absolute Gasteiger partial charge is 0.508 e. The van der Waals surface area contributed by atoms with E-state index in [2.05, 4.69) is 21.0 Å². The molecule has 2 aromatic heterocycles. The molecular weight excluding hydrogens is 340 g/mol. The Morgan fingerprint density at radius 2 is 2.11 bits per heavy atom. The minimum atomic E-state index is -0.401. The number of aromatic hydroxyl groups is 1. The number of terminal acetylenes is 1. The van der Waals surface area contributed by atoms with Crippen molar-refractivity contribution in [3.05, 3.63) is 48.0 Å². The van der Waals surface area contributed by atoms with E-state index in [0.717, 1.165) is 22.4 Å². The Hall–Kier alpha value is -3.17. The molecule has 0 saturated heterocycles. The van der Waals surface area contributed by atoms with Gasteiger partial charge in [0.05, 0.1) is 11.8 Å². The number of phenolic OH excluding ortho intramolecular Hbond substituents is 1. The van der Waals surface area contributed by atoms with Crippen molar-refractivity contribution in [3.8, 4) is 40.6 Å². The molecule has 3 aromatic rings. The lowest BCUT2D eigenvalue weighted by atomic mass is 10.0. The molecule has 6 nitrogen and oxygen atoms in total. The van der Waals surface area contributed by atoms with Crippen molar-refractivity contribution in [1.29, 1.82) is 0 Å². The SMILES string of the molecule is C#CCn1cc(-c2ccnc(CC[C@H](C)O)n2)c(-c2cc(C)cc(O)c2)n1. The molecule has 0 spiro atoms. The van der Waals surface area contributed by atoms with Gasteiger partial charge in [-0.15, -0.1) is 6.42 Å². The first-order valence-corrected chi connectivity index (χ1v) is 8.78. The van der Waals surface area contributed by atoms with Gasteiger partial charge in [0.1, 0.15) is 23.8 Å². The molecule has 0 radical (unpaired) electrons. The Kier molecular flexibility index (Phi) is 5.53. The van der Waals surface area contributed by atoms with Crippen LogP contribution in [0, 0.1) is 19.3 Å². The van der Waals surface area contributed by atoms with Gasteiger partial charge in [0.25, 0.3) is 0 Å². The van der Waals surface area contributed by atoms with Crippen LogP contribution in [-0.4, -0.2) is 36.1 Å². The summed E-state index contributed by atoms with van der Waals surface area (Å²) in [6.45, 7) is 4.00. The number of hydrogen-bond acceptors (Lipinski definition) is 5. The topological polar surface area (TPSA) is 84.1 Å². The van der Waals surface area contributed by atoms with E-state index < -0.39 is 6.10 Å². The average molecular weight is 362 g/mol. The van der Waals surface area contributed by atoms with E-state index in [1.165, 1.54) is 0 Å². The molecule has 1 atom stereocenters. The molecule has 1 aromatic carbocycles. The molecule has 2 heterocycles. The summed E-state index contributed by atoms with van der Waals surface area (Å²) in [6.07, 6.45) is 9.78. The van der Waals surface area contributed by atoms with Gasteiger partial charge in [-0.2, -0.15) is 5.10 Å². The molecule has 0 unspecified atom stereocenters. The van der Waals surface area contributed by atoms with Crippen molar-refractivity contribution >= 4 is 0 Å². The number of hydrogen-bond donors (Lipinski definition) is 2. The highest BCUT2D eigenvalue weighted by molar-refractivity contribution is 5.79. The lowest BCUT2D eigenvalue weighted by Crippen LogP contribution is -2.04. The van der Waals surface area contributed by atoms with Crippen LogP contribution in [0.3, 0.4) is 0 Å². The minimum Gasteiger partial charge on any atom is -0.508 e. The van der Waals surface area contributed by atoms with E-state index in [-0.39, 0.29) is 5.75 Å². The fourth-order valence-corrected chi connectivity index (χ4v) is 2.90. The van der Waals surface area contributed by atoms with Crippen molar-refractivity contribution in [1.82, 2.24) is 19.7 Å². The van der Waals surface area contributed by atoms with Gasteiger partial charge >= 0.3 is 0 Å². The van der Waals surface area contributed by atoms with Crippen LogP contribution in [0.2, 0.25) is 0 Å². The summed E-state index contributed by atoms with van der Waals surface area (Å²) in [5.41, 5.74) is 3.97. The lowest BCUT2D eigenvalue weighted by molar-refractivity contribution is 0.184. The third-order valence-electron chi connectivity index (χ3n) is 4.12. The maximum atomic E-state index is 9.98. The maximum Gasteiger partial charge on any atom is 0.129 e. The van der Waals surface area contributed by atoms with Crippen LogP contribution >= 0.6 is 0 Å². The van der Waals surface area contributed by atoms with Crippen LogP contribution in [0.25, 0.3) is 22.5 Å². The van der Waals surface area contributed by atoms with Crippen LogP contribution < -0.4 is 0 Å². The number of aryl methyl sites for hydroxylation is 2. The summed E-state index contributed by atoms with van der Waals surface area (Å²) in [5, 5.41) is 24.1. The van der Waals surface area contributed by atoms with Crippen LogP contribution in [0.4, 0.5) is 0 Å². The zero-order valence-electron chi connectivity index (χ0n) is 15.4. The van der Waals surface area contributed by atoms with E-state index in [1.807, 2.05) is 25.3 Å². The second-order valence-corrected chi connectivity index (χ2v) is 6.60. The molecule has 0 bridgehead atoms. The molecule has 0 aliphatic carbocycles. The fourth-order valence-electron chi connectivity index (χ4n) is 2.90. The molecule has 2 N–H and O–H groups in total. The molecule has 138 valence electrons. The Balaban J connectivity index is 2.07. The number of nitrogens with zero attached hydrogens (tertiary/aromatic N) is 4. The van der Waals surface area contributed by atoms with Crippen molar-refractivity contribution in [3.63, 3.8) is 0 Å². The van der Waals surface area contributed by atoms with Crippen molar-refractivity contribution in [2.45, 2.75) is 39.3 Å². The van der Waals surface area contributed by atoms with E-state index in [4.69, 9.17) is 6.42 Å². The standard InChI is InChI=1S/C21H22N4O2/c1-4-9-25-13-18(19-7-8-22-20(23-19)6-5-15(3)26)21(24-25)16-10-14(2)11-17(27)12-16/h1,7-8,10-13,15,26-27H,5-6,9H2,2-3H3/t15-/m0/s1. The first-order valence-electron chi connectivity index (χ1n) is 8.78. The molecule has 3 rings (SSSR count). The van der Waals surface area contributed by atoms with Crippen LogP contribution in [-0.2, 0) is 13.0 Å². The number of rotatable bonds is 6. The van der Waals surface area contributed by atoms with Gasteiger partial charge < -0.3 is 10.2 Å². The normalized spacial score (nSPS) is 11.9. The molecule has 0 amide bonds. The Labute approximate surface area is 158 Å². The predicted molar refractivity (Wildman–Crippen MR) is 104 cm³/mol. The van der Waals surface area contributed by atoms with Gasteiger partial charge in [0.2, 0.25) is 0 Å². The molecule has 0 aliphatic rings. The minimum absolute atomic E-state index is 0.183. The van der Waals surface area contributed by atoms with Gasteiger partial charge in [-0.1, -0.05) is 5.92 Å². The maximum absolute atomic E-state index is 9.98. The third-order valence-corrected chi connectivity index (χ3v) is 4.12. The Morgan fingerprint density at radius 3 is 2.81 bits per heavy atom. The molecule has 6 heteroatoms. The first kappa shape index (κ1) is 18.6. The number of aliphatic hydroxyl groups excluding tert-OH is 1. The summed E-state index contributed by atoms with van der Waals surface area (Å²) in [4.78, 5) is 8.92. The molecule has 0 aliphatic heterocycles. The van der Waals surface area contributed by atoms with Crippen LogP contribution in [0.5, 0.6) is 5.75 Å². The zero-order valence-corrected chi connectivity index (χ0v) is 15.4. The number of phenols is 1. The van der Waals surface area contributed by atoms with Gasteiger partial charge in [-0.3, -0.25) is 4.68 Å². The van der Waals surface area contributed by atoms with E-state index in [9.17, 15) is 10.2 Å². The smallest absolute Gasteiger partial charge is 0.129 e. The van der Waals surface area contributed by atoms with Gasteiger partial charge in [0, 0.05) is 29.9 Å². The number of aliphatic hydroxyl groups is 1. The number of benzene rings is 1. The van der Waals surface area contributed by atoms with Gasteiger partial charge in [0.15, 0.2) is 0 Å². The first-order chi connectivity index (χ1) is 13.0. The highest BCUT2D eigenvalue weighted by atomic mass is 16.3. The van der Waals surface area contributed by atoms with E-state index in [1.54, 1.807) is 29.9 Å². The van der Waals surface area contributed by atoms with Crippen molar-refractivity contribution in [2.24, 2.45) is 0 Å². The van der Waals surface area contributed by atoms with Crippen LogP contribution in [0.1, 0.15) is 24.7 Å². The Morgan fingerprint density at radius 1 is 1.30 bits per heavy atom. The van der Waals surface area contributed by atoms with Crippen LogP contribution in [0.15, 0.2) is 36.7 Å². The highest BCUT2D eigenvalue weighted by Gasteiger charge is 2.16. The summed E-state index contributed by atoms with van der Waals surface area (Å²) < 4.78 is 1.68. The summed E-state index contributed by atoms with van der Waals surface area (Å²) in [7, 11) is 0. The predicted octanol–water partition coefficient (Wildman–Crippen LogP) is 2.97. The molecule has 0 fully saturated rings. The van der Waals surface area contributed by atoms with Gasteiger partial charge in [-0.05, 0) is 50.1 Å². The molecular formula is C21H22N4O2. The second-order valence-electron chi connectivity index (χ2n) is 6.60. The van der Waals surface area contributed by atoms with Crippen molar-refractivity contribution in [2.75, 3.05) is 0 Å². The monoisotopic (exact) mass is 362 g/mol. The van der Waals surface area contributed by atoms with Gasteiger partial charge in [-0.25, -0.2) is 9.97 Å².